The van der Waals surface area contributed by atoms with Crippen LogP contribution >= 0.6 is 23.5 Å². The zero-order valence-electron chi connectivity index (χ0n) is 20.3. The minimum absolute atomic E-state index is 0.0430. The summed E-state index contributed by atoms with van der Waals surface area (Å²) in [6, 6.07) is -4.02. The summed E-state index contributed by atoms with van der Waals surface area (Å²) in [4.78, 5) is 60.9. The average molecular weight is 522 g/mol. The Morgan fingerprint density at radius 1 is 0.853 bits per heavy atom. The first-order chi connectivity index (χ1) is 16.0. The number of carboxylic acid groups (broad SMARTS) is 1. The molecule has 13 heteroatoms. The van der Waals surface area contributed by atoms with Gasteiger partial charge in [-0.1, -0.05) is 20.3 Å². The fraction of sp³-hybridized carbons (Fsp3) is 0.762. The fourth-order valence-corrected chi connectivity index (χ4v) is 3.87. The van der Waals surface area contributed by atoms with E-state index in [0.717, 1.165) is 0 Å². The molecule has 0 spiro atoms. The van der Waals surface area contributed by atoms with Gasteiger partial charge in [-0.15, -0.1) is 0 Å². The second-order valence-corrected chi connectivity index (χ2v) is 9.98. The number of thioether (sulfide) groups is 2. The standard InChI is InChI=1S/C21H39N5O6S2/c1-5-12(2)17(26-18(28)13(22)6-7-16(23)27)20(30)24-14(8-10-33-3)19(29)25-15(21(31)32)9-11-34-4/h12-15,17H,5-11,22H2,1-4H3,(H2,23,27)(H,24,30)(H,25,29)(H,26,28)(H,31,32). The van der Waals surface area contributed by atoms with Crippen molar-refractivity contribution in [2.45, 2.75) is 70.1 Å². The third-order valence-corrected chi connectivity index (χ3v) is 6.59. The normalized spacial score (nSPS) is 15.3. The highest BCUT2D eigenvalue weighted by Crippen LogP contribution is 2.11. The molecule has 11 nitrogen and oxygen atoms in total. The molecule has 4 amide bonds. The molecule has 0 rings (SSSR count). The van der Waals surface area contributed by atoms with E-state index in [9.17, 15) is 29.1 Å². The lowest BCUT2D eigenvalue weighted by Crippen LogP contribution is -2.58. The van der Waals surface area contributed by atoms with Gasteiger partial charge in [0.05, 0.1) is 6.04 Å². The number of nitrogens with one attached hydrogen (secondary N) is 3. The molecule has 5 atom stereocenters. The Bertz CT molecular complexity index is 697. The first-order valence-corrected chi connectivity index (χ1v) is 13.9. The number of carbonyl (C=O) groups is 5. The molecule has 196 valence electrons. The Labute approximate surface area is 209 Å². The molecule has 5 unspecified atom stereocenters. The quantitative estimate of drug-likeness (QED) is 0.140. The van der Waals surface area contributed by atoms with Crippen molar-refractivity contribution in [2.24, 2.45) is 17.4 Å². The number of nitrogens with two attached hydrogens (primary N) is 2. The summed E-state index contributed by atoms with van der Waals surface area (Å²) in [5, 5.41) is 17.2. The molecule has 0 bridgehead atoms. The molecular formula is C21H39N5O6S2. The minimum atomic E-state index is -1.15. The SMILES string of the molecule is CCC(C)C(NC(=O)C(N)CCC(N)=O)C(=O)NC(CCSC)C(=O)NC(CCSC)C(=O)O. The molecule has 0 saturated carbocycles. The summed E-state index contributed by atoms with van der Waals surface area (Å²) in [7, 11) is 0. The summed E-state index contributed by atoms with van der Waals surface area (Å²) in [5.74, 6) is -2.66. The van der Waals surface area contributed by atoms with E-state index in [0.29, 0.717) is 17.9 Å². The number of rotatable bonds is 18. The molecule has 0 aliphatic heterocycles. The molecule has 0 aliphatic rings. The predicted octanol–water partition coefficient (Wildman–Crippen LogP) is -0.329. The van der Waals surface area contributed by atoms with Crippen LogP contribution in [0.2, 0.25) is 0 Å². The fourth-order valence-electron chi connectivity index (χ4n) is 2.92. The number of hydrogen-bond acceptors (Lipinski definition) is 8. The van der Waals surface area contributed by atoms with E-state index >= 15 is 0 Å². The topological polar surface area (TPSA) is 194 Å². The van der Waals surface area contributed by atoms with Crippen LogP contribution in [-0.4, -0.2) is 82.9 Å². The zero-order valence-corrected chi connectivity index (χ0v) is 21.9. The molecule has 0 aliphatic carbocycles. The van der Waals surface area contributed by atoms with Crippen LogP contribution in [0.25, 0.3) is 0 Å². The number of carboxylic acids is 1. The van der Waals surface area contributed by atoms with E-state index < -0.39 is 53.8 Å². The summed E-state index contributed by atoms with van der Waals surface area (Å²) >= 11 is 2.95. The summed E-state index contributed by atoms with van der Waals surface area (Å²) < 4.78 is 0. The summed E-state index contributed by atoms with van der Waals surface area (Å²) in [6.07, 6.45) is 4.77. The molecule has 0 aromatic carbocycles. The highest BCUT2D eigenvalue weighted by atomic mass is 32.2. The maximum absolute atomic E-state index is 13.1. The zero-order chi connectivity index (χ0) is 26.3. The van der Waals surface area contributed by atoms with Gasteiger partial charge in [0.1, 0.15) is 18.1 Å². The van der Waals surface area contributed by atoms with Gasteiger partial charge in [0.2, 0.25) is 23.6 Å². The molecule has 34 heavy (non-hydrogen) atoms. The van der Waals surface area contributed by atoms with Gasteiger partial charge in [0, 0.05) is 6.42 Å². The van der Waals surface area contributed by atoms with Crippen molar-refractivity contribution < 1.29 is 29.1 Å². The molecule has 0 saturated heterocycles. The van der Waals surface area contributed by atoms with Crippen molar-refractivity contribution in [1.82, 2.24) is 16.0 Å². The van der Waals surface area contributed by atoms with Crippen LogP contribution in [0, 0.1) is 5.92 Å². The van der Waals surface area contributed by atoms with Gasteiger partial charge in [-0.05, 0) is 49.2 Å². The minimum Gasteiger partial charge on any atom is -0.480 e. The first-order valence-electron chi connectivity index (χ1n) is 11.1. The van der Waals surface area contributed by atoms with E-state index in [4.69, 9.17) is 11.5 Å². The Kier molecular flexibility index (Phi) is 16.4. The van der Waals surface area contributed by atoms with E-state index in [1.54, 1.807) is 6.92 Å². The lowest BCUT2D eigenvalue weighted by molar-refractivity contribution is -0.142. The van der Waals surface area contributed by atoms with Crippen molar-refractivity contribution in [3.05, 3.63) is 0 Å². The van der Waals surface area contributed by atoms with Gasteiger partial charge in [-0.2, -0.15) is 23.5 Å². The maximum Gasteiger partial charge on any atom is 0.326 e. The van der Waals surface area contributed by atoms with E-state index in [1.165, 1.54) is 23.5 Å². The second kappa shape index (κ2) is 17.4. The van der Waals surface area contributed by atoms with Crippen molar-refractivity contribution in [3.8, 4) is 0 Å². The van der Waals surface area contributed by atoms with Gasteiger partial charge >= 0.3 is 5.97 Å². The van der Waals surface area contributed by atoms with Crippen molar-refractivity contribution in [2.75, 3.05) is 24.0 Å². The van der Waals surface area contributed by atoms with Gasteiger partial charge in [-0.3, -0.25) is 19.2 Å². The van der Waals surface area contributed by atoms with Crippen LogP contribution in [0.5, 0.6) is 0 Å². The molecule has 0 radical (unpaired) electrons. The number of hydrogen-bond donors (Lipinski definition) is 6. The van der Waals surface area contributed by atoms with Crippen LogP contribution in [0.3, 0.4) is 0 Å². The number of carbonyl (C=O) groups excluding carboxylic acids is 4. The molecule has 0 heterocycles. The Morgan fingerprint density at radius 2 is 1.38 bits per heavy atom. The maximum atomic E-state index is 13.1. The number of aliphatic carboxylic acids is 1. The van der Waals surface area contributed by atoms with Crippen LogP contribution in [0.4, 0.5) is 0 Å². The van der Waals surface area contributed by atoms with Crippen LogP contribution in [0.1, 0.15) is 46.0 Å². The second-order valence-electron chi connectivity index (χ2n) is 8.01. The van der Waals surface area contributed by atoms with Crippen LogP contribution < -0.4 is 27.4 Å². The average Bonchev–Trinajstić information content (AvgIpc) is 2.79. The molecule has 8 N–H and O–H groups in total. The van der Waals surface area contributed by atoms with E-state index in [-0.39, 0.29) is 31.6 Å². The van der Waals surface area contributed by atoms with E-state index in [2.05, 4.69) is 16.0 Å². The van der Waals surface area contributed by atoms with Crippen molar-refractivity contribution in [3.63, 3.8) is 0 Å². The lowest BCUT2D eigenvalue weighted by atomic mass is 9.97. The summed E-state index contributed by atoms with van der Waals surface area (Å²) in [6.45, 7) is 3.63. The van der Waals surface area contributed by atoms with Gasteiger partial charge in [0.15, 0.2) is 0 Å². The van der Waals surface area contributed by atoms with Gasteiger partial charge in [0.25, 0.3) is 0 Å². The van der Waals surface area contributed by atoms with E-state index in [1.807, 2.05) is 19.4 Å². The first kappa shape index (κ1) is 32.0. The Balaban J connectivity index is 5.44. The number of primary amides is 1. The van der Waals surface area contributed by atoms with Crippen LogP contribution in [0.15, 0.2) is 0 Å². The smallest absolute Gasteiger partial charge is 0.326 e. The predicted molar refractivity (Wildman–Crippen MR) is 135 cm³/mol. The largest absolute Gasteiger partial charge is 0.480 e. The third-order valence-electron chi connectivity index (χ3n) is 5.30. The summed E-state index contributed by atoms with van der Waals surface area (Å²) in [5.41, 5.74) is 10.9. The molecule has 0 fully saturated rings. The van der Waals surface area contributed by atoms with Gasteiger partial charge in [-0.25, -0.2) is 4.79 Å². The van der Waals surface area contributed by atoms with Crippen molar-refractivity contribution >= 4 is 53.1 Å². The Morgan fingerprint density at radius 3 is 1.85 bits per heavy atom. The molecule has 0 aromatic heterocycles. The molecule has 0 aromatic rings. The third kappa shape index (κ3) is 12.5. The highest BCUT2D eigenvalue weighted by molar-refractivity contribution is 7.98. The molecular weight excluding hydrogens is 482 g/mol. The monoisotopic (exact) mass is 521 g/mol. The Hall–Kier alpha value is -1.99. The number of amides is 4. The highest BCUT2D eigenvalue weighted by Gasteiger charge is 2.32. The van der Waals surface area contributed by atoms with Crippen molar-refractivity contribution in [1.29, 1.82) is 0 Å². The van der Waals surface area contributed by atoms with Crippen LogP contribution in [-0.2, 0) is 24.0 Å². The lowest BCUT2D eigenvalue weighted by Gasteiger charge is -2.28. The van der Waals surface area contributed by atoms with Gasteiger partial charge < -0.3 is 32.5 Å².